The Morgan fingerprint density at radius 3 is 1.97 bits per heavy atom. The summed E-state index contributed by atoms with van der Waals surface area (Å²) >= 11 is 3.24. The molecule has 0 aliphatic heterocycles. The summed E-state index contributed by atoms with van der Waals surface area (Å²) in [7, 11) is 0. The van der Waals surface area contributed by atoms with Gasteiger partial charge >= 0.3 is 18.2 Å². The van der Waals surface area contributed by atoms with Crippen molar-refractivity contribution in [2.75, 3.05) is 5.33 Å². The summed E-state index contributed by atoms with van der Waals surface area (Å²) in [6.45, 7) is -0.0968. The van der Waals surface area contributed by atoms with Gasteiger partial charge in [0, 0.05) is 5.33 Å². The second-order valence-corrected chi connectivity index (χ2v) is 7.06. The predicted octanol–water partition coefficient (Wildman–Crippen LogP) is 4.09. The van der Waals surface area contributed by atoms with Crippen LogP contribution in [0.4, 0.5) is 9.59 Å². The van der Waals surface area contributed by atoms with Crippen LogP contribution in [-0.2, 0) is 27.5 Å². The van der Waals surface area contributed by atoms with Gasteiger partial charge in [-0.2, -0.15) is 0 Å². The van der Waals surface area contributed by atoms with Crippen LogP contribution >= 0.6 is 15.9 Å². The fourth-order valence-electron chi connectivity index (χ4n) is 2.53. The standard InChI is InChI=1S/C21H23BrN2O6/c22-13-7-12-18(19(25)26)24(21(28)30-15-17-10-5-2-6-11-17)23-20(27)29-14-16-8-3-1-4-9-16/h1-6,8-11,18H,7,12-15H2,(H,23,27)(H,25,26). The Bertz CT molecular complexity index is 819. The van der Waals surface area contributed by atoms with E-state index in [2.05, 4.69) is 21.4 Å². The highest BCUT2D eigenvalue weighted by atomic mass is 79.9. The molecule has 0 aliphatic rings. The number of carbonyl (C=O) groups is 3. The molecule has 0 saturated heterocycles. The molecule has 1 atom stereocenters. The summed E-state index contributed by atoms with van der Waals surface area (Å²) in [4.78, 5) is 36.5. The van der Waals surface area contributed by atoms with Crippen LogP contribution < -0.4 is 5.43 Å². The maximum atomic E-state index is 12.6. The topological polar surface area (TPSA) is 105 Å². The van der Waals surface area contributed by atoms with Crippen molar-refractivity contribution in [2.24, 2.45) is 0 Å². The van der Waals surface area contributed by atoms with Crippen LogP contribution in [0.25, 0.3) is 0 Å². The first-order valence-corrected chi connectivity index (χ1v) is 10.4. The van der Waals surface area contributed by atoms with E-state index in [1.54, 1.807) is 48.5 Å². The Morgan fingerprint density at radius 2 is 1.47 bits per heavy atom. The van der Waals surface area contributed by atoms with Gasteiger partial charge < -0.3 is 14.6 Å². The summed E-state index contributed by atoms with van der Waals surface area (Å²) in [6, 6.07) is 16.6. The molecule has 30 heavy (non-hydrogen) atoms. The molecule has 2 aromatic carbocycles. The Balaban J connectivity index is 2.05. The van der Waals surface area contributed by atoms with Crippen molar-refractivity contribution < 1.29 is 29.0 Å². The molecule has 160 valence electrons. The van der Waals surface area contributed by atoms with Gasteiger partial charge in [-0.05, 0) is 24.0 Å². The van der Waals surface area contributed by atoms with E-state index in [4.69, 9.17) is 9.47 Å². The number of hydrogen-bond acceptors (Lipinski definition) is 5. The second-order valence-electron chi connectivity index (χ2n) is 6.27. The van der Waals surface area contributed by atoms with E-state index in [-0.39, 0.29) is 19.6 Å². The van der Waals surface area contributed by atoms with E-state index >= 15 is 0 Å². The van der Waals surface area contributed by atoms with Crippen molar-refractivity contribution in [2.45, 2.75) is 32.1 Å². The Kier molecular flexibility index (Phi) is 9.66. The quantitative estimate of drug-likeness (QED) is 0.415. The number of hydrazine groups is 1. The summed E-state index contributed by atoms with van der Waals surface area (Å²) < 4.78 is 10.3. The van der Waals surface area contributed by atoms with E-state index in [1.807, 2.05) is 12.1 Å². The minimum Gasteiger partial charge on any atom is -0.480 e. The number of benzene rings is 2. The Morgan fingerprint density at radius 1 is 0.933 bits per heavy atom. The van der Waals surface area contributed by atoms with Crippen molar-refractivity contribution in [3.63, 3.8) is 0 Å². The molecular weight excluding hydrogens is 456 g/mol. The molecule has 0 heterocycles. The van der Waals surface area contributed by atoms with E-state index in [9.17, 15) is 19.5 Å². The number of carboxylic acid groups (broad SMARTS) is 1. The van der Waals surface area contributed by atoms with Gasteiger partial charge in [-0.25, -0.2) is 24.8 Å². The molecule has 2 N–H and O–H groups in total. The van der Waals surface area contributed by atoms with Crippen molar-refractivity contribution in [3.05, 3.63) is 71.8 Å². The van der Waals surface area contributed by atoms with Crippen molar-refractivity contribution in [1.29, 1.82) is 0 Å². The van der Waals surface area contributed by atoms with Crippen LogP contribution in [0.5, 0.6) is 0 Å². The van der Waals surface area contributed by atoms with E-state index in [1.165, 1.54) is 0 Å². The van der Waals surface area contributed by atoms with Gasteiger partial charge in [0.05, 0.1) is 0 Å². The lowest BCUT2D eigenvalue weighted by Gasteiger charge is -2.27. The van der Waals surface area contributed by atoms with Crippen molar-refractivity contribution in [1.82, 2.24) is 10.4 Å². The van der Waals surface area contributed by atoms with Gasteiger partial charge in [-0.3, -0.25) is 0 Å². The predicted molar refractivity (Wildman–Crippen MR) is 113 cm³/mol. The lowest BCUT2D eigenvalue weighted by molar-refractivity contribution is -0.144. The SMILES string of the molecule is O=C(NN(C(=O)OCc1ccccc1)C(CCCBr)C(=O)O)OCc1ccccc1. The molecule has 2 rings (SSSR count). The molecule has 0 fully saturated rings. The number of amides is 2. The van der Waals surface area contributed by atoms with Crippen LogP contribution in [0.1, 0.15) is 24.0 Å². The third-order valence-electron chi connectivity index (χ3n) is 4.03. The van der Waals surface area contributed by atoms with E-state index < -0.39 is 24.2 Å². The van der Waals surface area contributed by atoms with Crippen molar-refractivity contribution in [3.8, 4) is 0 Å². The third-order valence-corrected chi connectivity index (χ3v) is 4.59. The molecular formula is C21H23BrN2O6. The molecule has 8 nitrogen and oxygen atoms in total. The molecule has 1 unspecified atom stereocenters. The number of aliphatic carboxylic acids is 1. The lowest BCUT2D eigenvalue weighted by Crippen LogP contribution is -2.55. The van der Waals surface area contributed by atoms with Crippen LogP contribution in [-0.4, -0.2) is 39.6 Å². The lowest BCUT2D eigenvalue weighted by atomic mass is 10.1. The molecule has 0 saturated carbocycles. The number of carboxylic acids is 1. The molecule has 2 aromatic rings. The fraction of sp³-hybridized carbons (Fsp3) is 0.286. The molecule has 2 amide bonds. The first-order valence-electron chi connectivity index (χ1n) is 9.27. The molecule has 0 aliphatic carbocycles. The number of carbonyl (C=O) groups excluding carboxylic acids is 2. The monoisotopic (exact) mass is 478 g/mol. The number of alkyl halides is 1. The third kappa shape index (κ3) is 7.75. The number of nitrogens with zero attached hydrogens (tertiary/aromatic N) is 1. The smallest absolute Gasteiger partial charge is 0.429 e. The molecule has 9 heteroatoms. The minimum atomic E-state index is -1.31. The summed E-state index contributed by atoms with van der Waals surface area (Å²) in [5.74, 6) is -1.27. The van der Waals surface area contributed by atoms with Crippen molar-refractivity contribution >= 4 is 34.1 Å². The highest BCUT2D eigenvalue weighted by molar-refractivity contribution is 9.09. The summed E-state index contributed by atoms with van der Waals surface area (Å²) in [6.07, 6.45) is -1.36. The maximum Gasteiger partial charge on any atom is 0.429 e. The Labute approximate surface area is 182 Å². The zero-order chi connectivity index (χ0) is 21.8. The van der Waals surface area contributed by atoms with Crippen LogP contribution in [0.2, 0.25) is 0 Å². The maximum absolute atomic E-state index is 12.6. The van der Waals surface area contributed by atoms with Gasteiger partial charge in [0.15, 0.2) is 6.04 Å². The highest BCUT2D eigenvalue weighted by Crippen LogP contribution is 2.11. The van der Waals surface area contributed by atoms with E-state index in [0.29, 0.717) is 16.8 Å². The molecule has 0 radical (unpaired) electrons. The van der Waals surface area contributed by atoms with Crippen LogP contribution in [0.3, 0.4) is 0 Å². The largest absolute Gasteiger partial charge is 0.480 e. The average molecular weight is 479 g/mol. The minimum absolute atomic E-state index is 0.0291. The summed E-state index contributed by atoms with van der Waals surface area (Å²) in [5, 5.41) is 10.8. The van der Waals surface area contributed by atoms with Gasteiger partial charge in [0.25, 0.3) is 0 Å². The average Bonchev–Trinajstić information content (AvgIpc) is 2.76. The normalized spacial score (nSPS) is 11.2. The van der Waals surface area contributed by atoms with Gasteiger partial charge in [-0.1, -0.05) is 76.6 Å². The number of rotatable bonds is 9. The number of hydrogen-bond donors (Lipinski definition) is 2. The summed E-state index contributed by atoms with van der Waals surface area (Å²) in [5.41, 5.74) is 3.69. The fourth-order valence-corrected chi connectivity index (χ4v) is 2.85. The van der Waals surface area contributed by atoms with Gasteiger partial charge in [0.2, 0.25) is 0 Å². The van der Waals surface area contributed by atoms with Crippen LogP contribution in [0.15, 0.2) is 60.7 Å². The van der Waals surface area contributed by atoms with Crippen LogP contribution in [0, 0.1) is 0 Å². The zero-order valence-corrected chi connectivity index (χ0v) is 17.8. The highest BCUT2D eigenvalue weighted by Gasteiger charge is 2.32. The zero-order valence-electron chi connectivity index (χ0n) is 16.2. The molecule has 0 spiro atoms. The van der Waals surface area contributed by atoms with E-state index in [0.717, 1.165) is 11.1 Å². The first kappa shape index (κ1) is 23.2. The Hall–Kier alpha value is -3.07. The molecule has 0 bridgehead atoms. The number of halogens is 1. The number of nitrogens with one attached hydrogen (secondary N) is 1. The van der Waals surface area contributed by atoms with Gasteiger partial charge in [0.1, 0.15) is 13.2 Å². The van der Waals surface area contributed by atoms with Gasteiger partial charge in [-0.15, -0.1) is 0 Å². The molecule has 0 aromatic heterocycles. The second kappa shape index (κ2) is 12.5. The first-order chi connectivity index (χ1) is 14.5. The number of ether oxygens (including phenoxy) is 2.